The molecule has 1 saturated heterocycles. The highest BCUT2D eigenvalue weighted by Gasteiger charge is 2.30. The Balaban J connectivity index is 1.79. The molecule has 0 aliphatic carbocycles. The summed E-state index contributed by atoms with van der Waals surface area (Å²) in [4.78, 5) is 20.4. The maximum Gasteiger partial charge on any atom is 0.410 e. The molecule has 23 heavy (non-hydrogen) atoms. The van der Waals surface area contributed by atoms with E-state index in [4.69, 9.17) is 4.74 Å². The van der Waals surface area contributed by atoms with Crippen molar-refractivity contribution >= 4 is 22.0 Å². The zero-order valence-corrected chi connectivity index (χ0v) is 16.0. The van der Waals surface area contributed by atoms with E-state index in [-0.39, 0.29) is 6.09 Å². The van der Waals surface area contributed by atoms with Gasteiger partial charge in [0, 0.05) is 32.4 Å². The molecule has 1 aromatic heterocycles. The Kier molecular flexibility index (Phi) is 6.03. The van der Waals surface area contributed by atoms with Crippen LogP contribution in [0, 0.1) is 5.92 Å². The number of hydrogen-bond acceptors (Lipinski definition) is 4. The van der Waals surface area contributed by atoms with Gasteiger partial charge in [0.05, 0.1) is 0 Å². The van der Waals surface area contributed by atoms with Crippen molar-refractivity contribution in [1.29, 1.82) is 0 Å². The lowest BCUT2D eigenvalue weighted by atomic mass is 10.1. The highest BCUT2D eigenvalue weighted by Crippen LogP contribution is 2.21. The van der Waals surface area contributed by atoms with E-state index in [1.54, 1.807) is 0 Å². The van der Waals surface area contributed by atoms with Crippen molar-refractivity contribution in [3.63, 3.8) is 0 Å². The molecule has 0 spiro atoms. The lowest BCUT2D eigenvalue weighted by Crippen LogP contribution is -2.36. The second-order valence-corrected chi connectivity index (χ2v) is 8.08. The average Bonchev–Trinajstić information content (AvgIpc) is 2.85. The third-order valence-corrected chi connectivity index (χ3v) is 4.18. The van der Waals surface area contributed by atoms with E-state index in [1.165, 1.54) is 5.56 Å². The minimum absolute atomic E-state index is 0.194. The molecule has 1 amide bonds. The van der Waals surface area contributed by atoms with E-state index in [1.807, 2.05) is 44.0 Å². The van der Waals surface area contributed by atoms with E-state index < -0.39 is 5.60 Å². The van der Waals surface area contributed by atoms with E-state index in [0.29, 0.717) is 5.92 Å². The second kappa shape index (κ2) is 7.62. The standard InChI is InChI=1S/C17H26BrN3O2/c1-17(2,3)23-16(22)21-8-6-14(12-21)11-20(4)10-13-5-7-19-15(18)9-13/h5,7,9,14H,6,8,10-12H2,1-4H3/t14-/m0/s1. The number of pyridine rings is 1. The van der Waals surface area contributed by atoms with Gasteiger partial charge in [-0.05, 0) is 73.8 Å². The Morgan fingerprint density at radius 2 is 2.26 bits per heavy atom. The molecule has 6 heteroatoms. The molecule has 1 fully saturated rings. The highest BCUT2D eigenvalue weighted by atomic mass is 79.9. The van der Waals surface area contributed by atoms with Gasteiger partial charge in [-0.3, -0.25) is 0 Å². The minimum Gasteiger partial charge on any atom is -0.444 e. The molecule has 5 nitrogen and oxygen atoms in total. The van der Waals surface area contributed by atoms with E-state index in [2.05, 4.69) is 32.9 Å². The van der Waals surface area contributed by atoms with Crippen LogP contribution in [0.3, 0.4) is 0 Å². The first-order valence-electron chi connectivity index (χ1n) is 8.00. The summed E-state index contributed by atoms with van der Waals surface area (Å²) >= 11 is 3.40. The van der Waals surface area contributed by atoms with Crippen molar-refractivity contribution in [3.8, 4) is 0 Å². The molecule has 1 aliphatic heterocycles. The quantitative estimate of drug-likeness (QED) is 0.745. The molecule has 128 valence electrons. The lowest BCUT2D eigenvalue weighted by molar-refractivity contribution is 0.0285. The summed E-state index contributed by atoms with van der Waals surface area (Å²) in [6.45, 7) is 9.12. The van der Waals surface area contributed by atoms with Crippen LogP contribution in [0.2, 0.25) is 0 Å². The maximum absolute atomic E-state index is 12.1. The molecule has 2 rings (SSSR count). The second-order valence-electron chi connectivity index (χ2n) is 7.26. The van der Waals surface area contributed by atoms with E-state index in [9.17, 15) is 4.79 Å². The first kappa shape index (κ1) is 18.2. The fraction of sp³-hybridized carbons (Fsp3) is 0.647. The third kappa shape index (κ3) is 6.11. The van der Waals surface area contributed by atoms with Gasteiger partial charge in [-0.25, -0.2) is 9.78 Å². The van der Waals surface area contributed by atoms with Gasteiger partial charge in [0.15, 0.2) is 0 Å². The number of amides is 1. The van der Waals surface area contributed by atoms with Gasteiger partial charge < -0.3 is 14.5 Å². The molecule has 0 N–H and O–H groups in total. The molecular weight excluding hydrogens is 358 g/mol. The summed E-state index contributed by atoms with van der Waals surface area (Å²) in [5.41, 5.74) is 0.803. The van der Waals surface area contributed by atoms with Gasteiger partial charge in [0.25, 0.3) is 0 Å². The molecular formula is C17H26BrN3O2. The number of ether oxygens (including phenoxy) is 1. The Morgan fingerprint density at radius 1 is 1.52 bits per heavy atom. The van der Waals surface area contributed by atoms with Crippen molar-refractivity contribution in [2.75, 3.05) is 26.7 Å². The number of hydrogen-bond donors (Lipinski definition) is 0. The normalized spacial score (nSPS) is 18.5. The first-order valence-corrected chi connectivity index (χ1v) is 8.79. The molecule has 1 aliphatic rings. The number of nitrogens with zero attached hydrogens (tertiary/aromatic N) is 3. The molecule has 0 unspecified atom stereocenters. The topological polar surface area (TPSA) is 45.7 Å². The monoisotopic (exact) mass is 383 g/mol. The minimum atomic E-state index is -0.430. The molecule has 0 saturated carbocycles. The van der Waals surface area contributed by atoms with Crippen molar-refractivity contribution in [2.24, 2.45) is 5.92 Å². The number of likely N-dealkylation sites (tertiary alicyclic amines) is 1. The fourth-order valence-corrected chi connectivity index (χ4v) is 3.24. The Hall–Kier alpha value is -1.14. The zero-order valence-electron chi connectivity index (χ0n) is 14.4. The number of rotatable bonds is 4. The van der Waals surface area contributed by atoms with Crippen LogP contribution in [0.1, 0.15) is 32.8 Å². The number of carbonyl (C=O) groups is 1. The van der Waals surface area contributed by atoms with Crippen LogP contribution in [0.15, 0.2) is 22.9 Å². The molecule has 0 bridgehead atoms. The fourth-order valence-electron chi connectivity index (χ4n) is 2.83. The predicted molar refractivity (Wildman–Crippen MR) is 94.2 cm³/mol. The van der Waals surface area contributed by atoms with Crippen LogP contribution in [-0.2, 0) is 11.3 Å². The molecule has 0 aromatic carbocycles. The third-order valence-electron chi connectivity index (χ3n) is 3.75. The molecule has 2 heterocycles. The van der Waals surface area contributed by atoms with Gasteiger partial charge in [-0.1, -0.05) is 0 Å². The van der Waals surface area contributed by atoms with Crippen LogP contribution in [-0.4, -0.2) is 53.2 Å². The number of halogens is 1. The van der Waals surface area contributed by atoms with Gasteiger partial charge in [-0.2, -0.15) is 0 Å². The van der Waals surface area contributed by atoms with Gasteiger partial charge in [0.2, 0.25) is 0 Å². The van der Waals surface area contributed by atoms with Crippen molar-refractivity contribution in [3.05, 3.63) is 28.5 Å². The zero-order chi connectivity index (χ0) is 17.0. The summed E-state index contributed by atoms with van der Waals surface area (Å²) in [6.07, 6.45) is 2.65. The largest absolute Gasteiger partial charge is 0.444 e. The van der Waals surface area contributed by atoms with Gasteiger partial charge in [-0.15, -0.1) is 0 Å². The van der Waals surface area contributed by atoms with Gasteiger partial charge in [0.1, 0.15) is 10.2 Å². The van der Waals surface area contributed by atoms with Crippen LogP contribution >= 0.6 is 15.9 Å². The summed E-state index contributed by atoms with van der Waals surface area (Å²) < 4.78 is 6.31. The molecule has 1 atom stereocenters. The first-order chi connectivity index (χ1) is 10.7. The molecule has 1 aromatic rings. The molecule has 0 radical (unpaired) electrons. The van der Waals surface area contributed by atoms with Crippen LogP contribution in [0.25, 0.3) is 0 Å². The highest BCUT2D eigenvalue weighted by molar-refractivity contribution is 9.10. The van der Waals surface area contributed by atoms with Gasteiger partial charge >= 0.3 is 6.09 Å². The van der Waals surface area contributed by atoms with Crippen molar-refractivity contribution in [2.45, 2.75) is 39.3 Å². The van der Waals surface area contributed by atoms with E-state index in [0.717, 1.165) is 37.2 Å². The smallest absolute Gasteiger partial charge is 0.410 e. The van der Waals surface area contributed by atoms with Crippen LogP contribution in [0.5, 0.6) is 0 Å². The SMILES string of the molecule is CN(Cc1ccnc(Br)c1)C[C@@H]1CCN(C(=O)OC(C)(C)C)C1. The predicted octanol–water partition coefficient (Wildman–Crippen LogP) is 3.53. The Labute approximate surface area is 147 Å². The summed E-state index contributed by atoms with van der Waals surface area (Å²) in [6, 6.07) is 4.07. The van der Waals surface area contributed by atoms with Crippen LogP contribution in [0.4, 0.5) is 4.79 Å². The average molecular weight is 384 g/mol. The van der Waals surface area contributed by atoms with Crippen molar-refractivity contribution < 1.29 is 9.53 Å². The van der Waals surface area contributed by atoms with E-state index >= 15 is 0 Å². The number of carbonyl (C=O) groups excluding carboxylic acids is 1. The summed E-state index contributed by atoms with van der Waals surface area (Å²) in [7, 11) is 2.12. The summed E-state index contributed by atoms with van der Waals surface area (Å²) in [5.74, 6) is 0.498. The Bertz CT molecular complexity index is 545. The maximum atomic E-state index is 12.1. The lowest BCUT2D eigenvalue weighted by Gasteiger charge is -2.25. The van der Waals surface area contributed by atoms with Crippen LogP contribution < -0.4 is 0 Å². The Morgan fingerprint density at radius 3 is 2.91 bits per heavy atom. The number of aromatic nitrogens is 1. The summed E-state index contributed by atoms with van der Waals surface area (Å²) in [5, 5.41) is 0. The van der Waals surface area contributed by atoms with Crippen molar-refractivity contribution in [1.82, 2.24) is 14.8 Å².